The first-order chi connectivity index (χ1) is 17.4. The molecule has 0 aliphatic carbocycles. The van der Waals surface area contributed by atoms with Crippen molar-refractivity contribution in [3.8, 4) is 17.5 Å². The molecule has 1 aromatic heterocycles. The van der Waals surface area contributed by atoms with Gasteiger partial charge in [0.25, 0.3) is 0 Å². The number of thioether (sulfide) groups is 1. The summed E-state index contributed by atoms with van der Waals surface area (Å²) in [5.41, 5.74) is 3.94. The standard InChI is InChI=1S/C26H22ClN5O3S/c1-17-7-10-22(11-8-17)32-18(2)29-30-26(32)36-25(15-31(33)34)19-9-12-24(23(27)13-19)35-16-21-6-4-3-5-20(21)14-28/h3-13,25H,15-16H2,1-2H3/t25-/m1/s1. The minimum Gasteiger partial charge on any atom is -0.487 e. The Labute approximate surface area is 217 Å². The van der Waals surface area contributed by atoms with E-state index in [1.165, 1.54) is 11.8 Å². The van der Waals surface area contributed by atoms with E-state index in [1.807, 2.05) is 54.8 Å². The Morgan fingerprint density at radius 2 is 1.89 bits per heavy atom. The van der Waals surface area contributed by atoms with Crippen LogP contribution in [-0.4, -0.2) is 26.2 Å². The van der Waals surface area contributed by atoms with Gasteiger partial charge in [0, 0.05) is 16.2 Å². The van der Waals surface area contributed by atoms with Crippen molar-refractivity contribution in [2.75, 3.05) is 6.54 Å². The molecule has 4 aromatic rings. The average molecular weight is 520 g/mol. The number of aromatic nitrogens is 3. The van der Waals surface area contributed by atoms with E-state index in [-0.39, 0.29) is 18.1 Å². The fraction of sp³-hybridized carbons (Fsp3) is 0.192. The smallest absolute Gasteiger partial charge is 0.220 e. The van der Waals surface area contributed by atoms with Gasteiger partial charge in [0.15, 0.2) is 5.16 Å². The Kier molecular flexibility index (Phi) is 7.88. The minimum atomic E-state index is -0.557. The third kappa shape index (κ3) is 5.85. The van der Waals surface area contributed by atoms with Gasteiger partial charge in [-0.1, -0.05) is 65.3 Å². The fourth-order valence-electron chi connectivity index (χ4n) is 3.63. The van der Waals surface area contributed by atoms with Crippen molar-refractivity contribution < 1.29 is 9.66 Å². The zero-order valence-electron chi connectivity index (χ0n) is 19.6. The Hall–Kier alpha value is -3.87. The highest BCUT2D eigenvalue weighted by Crippen LogP contribution is 2.38. The number of hydrogen-bond acceptors (Lipinski definition) is 7. The largest absolute Gasteiger partial charge is 0.487 e. The van der Waals surface area contributed by atoms with Crippen LogP contribution >= 0.6 is 23.4 Å². The van der Waals surface area contributed by atoms with E-state index in [0.717, 1.165) is 16.8 Å². The molecule has 4 rings (SSSR count). The van der Waals surface area contributed by atoms with Gasteiger partial charge in [0.1, 0.15) is 23.4 Å². The van der Waals surface area contributed by atoms with Crippen molar-refractivity contribution in [2.24, 2.45) is 0 Å². The Morgan fingerprint density at radius 3 is 2.58 bits per heavy atom. The first-order valence-corrected chi connectivity index (χ1v) is 12.3. The van der Waals surface area contributed by atoms with E-state index >= 15 is 0 Å². The summed E-state index contributed by atoms with van der Waals surface area (Å²) in [7, 11) is 0. The van der Waals surface area contributed by atoms with E-state index in [2.05, 4.69) is 16.3 Å². The summed E-state index contributed by atoms with van der Waals surface area (Å²) in [6.07, 6.45) is 0. The second-order valence-corrected chi connectivity index (χ2v) is 9.65. The first kappa shape index (κ1) is 25.2. The van der Waals surface area contributed by atoms with Crippen LogP contribution in [0, 0.1) is 35.3 Å². The number of aryl methyl sites for hydroxylation is 2. The number of benzene rings is 3. The Morgan fingerprint density at radius 1 is 1.14 bits per heavy atom. The minimum absolute atomic E-state index is 0.175. The highest BCUT2D eigenvalue weighted by atomic mass is 35.5. The number of ether oxygens (including phenoxy) is 1. The molecule has 0 radical (unpaired) electrons. The van der Waals surface area contributed by atoms with E-state index in [4.69, 9.17) is 16.3 Å². The molecular formula is C26H22ClN5O3S. The maximum atomic E-state index is 11.5. The molecule has 0 spiro atoms. The third-order valence-corrected chi connectivity index (χ3v) is 6.97. The molecule has 8 nitrogen and oxygen atoms in total. The van der Waals surface area contributed by atoms with Crippen LogP contribution in [0.2, 0.25) is 5.02 Å². The van der Waals surface area contributed by atoms with Crippen molar-refractivity contribution in [3.05, 3.63) is 110 Å². The van der Waals surface area contributed by atoms with Gasteiger partial charge in [-0.2, -0.15) is 5.26 Å². The fourth-order valence-corrected chi connectivity index (χ4v) is 5.04. The molecule has 0 bridgehead atoms. The molecular weight excluding hydrogens is 498 g/mol. The molecule has 0 fully saturated rings. The van der Waals surface area contributed by atoms with Gasteiger partial charge in [-0.05, 0) is 49.7 Å². The molecule has 0 amide bonds. The van der Waals surface area contributed by atoms with Crippen molar-refractivity contribution in [2.45, 2.75) is 30.9 Å². The van der Waals surface area contributed by atoms with Gasteiger partial charge in [0.05, 0.1) is 16.7 Å². The molecule has 3 aromatic carbocycles. The van der Waals surface area contributed by atoms with Crippen molar-refractivity contribution >= 4 is 23.4 Å². The van der Waals surface area contributed by atoms with Crippen molar-refractivity contribution in [1.29, 1.82) is 5.26 Å². The second-order valence-electron chi connectivity index (χ2n) is 8.07. The summed E-state index contributed by atoms with van der Waals surface area (Å²) < 4.78 is 7.72. The molecule has 10 heteroatoms. The van der Waals surface area contributed by atoms with Crippen LogP contribution in [0.1, 0.15) is 33.3 Å². The summed E-state index contributed by atoms with van der Waals surface area (Å²) >= 11 is 7.76. The highest BCUT2D eigenvalue weighted by molar-refractivity contribution is 7.99. The summed E-state index contributed by atoms with van der Waals surface area (Å²) in [5.74, 6) is 1.11. The van der Waals surface area contributed by atoms with Crippen LogP contribution in [0.25, 0.3) is 5.69 Å². The Balaban J connectivity index is 1.58. The number of halogens is 1. The van der Waals surface area contributed by atoms with Crippen LogP contribution < -0.4 is 4.74 Å². The Bertz CT molecular complexity index is 1430. The van der Waals surface area contributed by atoms with E-state index in [9.17, 15) is 15.4 Å². The van der Waals surface area contributed by atoms with Crippen LogP contribution in [0.3, 0.4) is 0 Å². The van der Waals surface area contributed by atoms with Crippen LogP contribution in [0.5, 0.6) is 5.75 Å². The summed E-state index contributed by atoms with van der Waals surface area (Å²) in [5, 5.41) is 29.6. The van der Waals surface area contributed by atoms with Crippen molar-refractivity contribution in [1.82, 2.24) is 14.8 Å². The number of hydrogen-bond donors (Lipinski definition) is 0. The van der Waals surface area contributed by atoms with Gasteiger partial charge in [0.2, 0.25) is 6.54 Å². The monoisotopic (exact) mass is 519 g/mol. The van der Waals surface area contributed by atoms with Gasteiger partial charge >= 0.3 is 0 Å². The van der Waals surface area contributed by atoms with Crippen molar-refractivity contribution in [3.63, 3.8) is 0 Å². The second kappa shape index (κ2) is 11.2. The highest BCUT2D eigenvalue weighted by Gasteiger charge is 2.24. The summed E-state index contributed by atoms with van der Waals surface area (Å²) in [6.45, 7) is 3.70. The van der Waals surface area contributed by atoms with Crippen LogP contribution in [0.4, 0.5) is 0 Å². The molecule has 0 saturated heterocycles. The average Bonchev–Trinajstić information content (AvgIpc) is 3.23. The SMILES string of the molecule is Cc1ccc(-n2c(C)nnc2S[C@H](C[N+](=O)[O-])c2ccc(OCc3ccccc3C#N)c(Cl)c2)cc1. The van der Waals surface area contributed by atoms with Gasteiger partial charge in [-0.15, -0.1) is 10.2 Å². The molecule has 0 N–H and O–H groups in total. The molecule has 0 aliphatic heterocycles. The predicted octanol–water partition coefficient (Wildman–Crippen LogP) is 6.10. The maximum Gasteiger partial charge on any atom is 0.220 e. The number of nitriles is 1. The molecule has 1 atom stereocenters. The summed E-state index contributed by atoms with van der Waals surface area (Å²) in [4.78, 5) is 11.2. The predicted molar refractivity (Wildman–Crippen MR) is 138 cm³/mol. The normalized spacial score (nSPS) is 11.6. The number of rotatable bonds is 9. The number of nitro groups is 1. The van der Waals surface area contributed by atoms with Gasteiger partial charge < -0.3 is 4.74 Å². The van der Waals surface area contributed by atoms with E-state index in [1.54, 1.807) is 30.3 Å². The van der Waals surface area contributed by atoms with Crippen LogP contribution in [0.15, 0.2) is 71.9 Å². The van der Waals surface area contributed by atoms with E-state index < -0.39 is 5.25 Å². The first-order valence-electron chi connectivity index (χ1n) is 11.0. The lowest BCUT2D eigenvalue weighted by Crippen LogP contribution is -2.11. The molecule has 182 valence electrons. The zero-order valence-corrected chi connectivity index (χ0v) is 21.2. The lowest BCUT2D eigenvalue weighted by Gasteiger charge is -2.16. The topological polar surface area (TPSA) is 107 Å². The lowest BCUT2D eigenvalue weighted by atomic mass is 10.1. The van der Waals surface area contributed by atoms with E-state index in [0.29, 0.717) is 32.9 Å². The quantitative estimate of drug-likeness (QED) is 0.149. The zero-order chi connectivity index (χ0) is 25.7. The maximum absolute atomic E-state index is 11.5. The van der Waals surface area contributed by atoms with Crippen LogP contribution in [-0.2, 0) is 6.61 Å². The van der Waals surface area contributed by atoms with Gasteiger partial charge in [-0.25, -0.2) is 0 Å². The lowest BCUT2D eigenvalue weighted by molar-refractivity contribution is -0.479. The summed E-state index contributed by atoms with van der Waals surface area (Å²) in [6, 6.07) is 22.3. The number of nitrogens with zero attached hydrogens (tertiary/aromatic N) is 5. The molecule has 0 saturated carbocycles. The van der Waals surface area contributed by atoms with Gasteiger partial charge in [-0.3, -0.25) is 14.7 Å². The molecule has 0 aliphatic rings. The third-order valence-electron chi connectivity index (χ3n) is 5.50. The molecule has 36 heavy (non-hydrogen) atoms. The molecule has 0 unspecified atom stereocenters. The molecule has 1 heterocycles.